The van der Waals surface area contributed by atoms with Crippen molar-refractivity contribution >= 4 is 5.91 Å². The first-order valence-corrected chi connectivity index (χ1v) is 6.59. The van der Waals surface area contributed by atoms with E-state index in [0.717, 1.165) is 0 Å². The predicted octanol–water partition coefficient (Wildman–Crippen LogP) is 1.47. The van der Waals surface area contributed by atoms with Crippen LogP contribution in [0.5, 0.6) is 0 Å². The molecule has 0 saturated carbocycles. The molecule has 0 spiro atoms. The summed E-state index contributed by atoms with van der Waals surface area (Å²) in [5.41, 5.74) is 0.639. The van der Waals surface area contributed by atoms with Crippen molar-refractivity contribution < 1.29 is 18.8 Å². The van der Waals surface area contributed by atoms with E-state index in [-0.39, 0.29) is 18.2 Å². The monoisotopic (exact) mass is 291 g/mol. The Morgan fingerprint density at radius 2 is 2.33 bits per heavy atom. The lowest BCUT2D eigenvalue weighted by molar-refractivity contribution is 0.0700. The topological polar surface area (TPSA) is 79.5 Å². The molecule has 1 aromatic heterocycles. The van der Waals surface area contributed by atoms with E-state index < -0.39 is 18.1 Å². The second kappa shape index (κ2) is 5.25. The maximum atomic E-state index is 13.4. The number of likely N-dealkylation sites (tertiary alicyclic amines) is 1. The van der Waals surface area contributed by atoms with E-state index in [1.54, 1.807) is 19.1 Å². The number of aliphatic hydroxyl groups excluding tert-OH is 1. The lowest BCUT2D eigenvalue weighted by atomic mass is 10.0. The minimum Gasteiger partial charge on any atom is -0.391 e. The van der Waals surface area contributed by atoms with E-state index in [1.165, 1.54) is 17.0 Å². The van der Waals surface area contributed by atoms with Gasteiger partial charge in [-0.25, -0.2) is 4.39 Å². The lowest BCUT2D eigenvalue weighted by Crippen LogP contribution is -2.32. The second-order valence-corrected chi connectivity index (χ2v) is 5.05. The molecule has 21 heavy (non-hydrogen) atoms. The molecule has 2 heterocycles. The van der Waals surface area contributed by atoms with Crippen molar-refractivity contribution in [2.75, 3.05) is 6.54 Å². The highest BCUT2D eigenvalue weighted by atomic mass is 19.1. The van der Waals surface area contributed by atoms with Crippen LogP contribution in [0.25, 0.3) is 0 Å². The molecular formula is C14H14FN3O3. The summed E-state index contributed by atoms with van der Waals surface area (Å²) in [5.74, 6) is -0.572. The number of aromatic nitrogens is 2. The number of carbonyl (C=O) groups is 1. The van der Waals surface area contributed by atoms with Crippen LogP contribution in [0.15, 0.2) is 28.8 Å². The summed E-state index contributed by atoms with van der Waals surface area (Å²) >= 11 is 0. The highest BCUT2D eigenvalue weighted by molar-refractivity contribution is 5.90. The Bertz CT molecular complexity index is 673. The highest BCUT2D eigenvalue weighted by Crippen LogP contribution is 2.33. The summed E-state index contributed by atoms with van der Waals surface area (Å²) in [6.45, 7) is 1.75. The molecule has 1 amide bonds. The van der Waals surface area contributed by atoms with E-state index in [0.29, 0.717) is 17.9 Å². The molecule has 0 bridgehead atoms. The third-order valence-electron chi connectivity index (χ3n) is 3.49. The third-order valence-corrected chi connectivity index (χ3v) is 3.49. The summed E-state index contributed by atoms with van der Waals surface area (Å²) in [5, 5.41) is 13.4. The van der Waals surface area contributed by atoms with E-state index in [1.807, 2.05) is 0 Å². The van der Waals surface area contributed by atoms with Gasteiger partial charge in [0.25, 0.3) is 11.7 Å². The van der Waals surface area contributed by atoms with Crippen LogP contribution in [0.2, 0.25) is 0 Å². The van der Waals surface area contributed by atoms with Gasteiger partial charge in [0.1, 0.15) is 5.82 Å². The van der Waals surface area contributed by atoms with E-state index >= 15 is 0 Å². The molecule has 0 aliphatic carbocycles. The van der Waals surface area contributed by atoms with E-state index in [2.05, 4.69) is 10.1 Å². The number of aryl methyl sites for hydroxylation is 1. The Balaban J connectivity index is 1.91. The number of benzene rings is 1. The number of hydrogen-bond acceptors (Lipinski definition) is 5. The zero-order chi connectivity index (χ0) is 15.0. The minimum absolute atomic E-state index is 0.0528. The van der Waals surface area contributed by atoms with Crippen LogP contribution in [0.3, 0.4) is 0 Å². The number of halogens is 1. The van der Waals surface area contributed by atoms with Crippen LogP contribution in [0.1, 0.15) is 34.5 Å². The first kappa shape index (κ1) is 13.7. The molecule has 6 nitrogen and oxygen atoms in total. The molecule has 1 saturated heterocycles. The standard InChI is InChI=1S/C14H14FN3O3/c1-8-16-13(17-21-8)14(20)18-7-11(19)6-12(18)9-3-2-4-10(15)5-9/h2-5,11-12,19H,6-7H2,1H3/t11-,12-/m1/s1. The molecule has 1 aromatic carbocycles. The molecule has 1 fully saturated rings. The largest absolute Gasteiger partial charge is 0.391 e. The number of amides is 1. The van der Waals surface area contributed by atoms with Gasteiger partial charge in [-0.1, -0.05) is 17.3 Å². The molecular weight excluding hydrogens is 277 g/mol. The zero-order valence-corrected chi connectivity index (χ0v) is 11.4. The van der Waals surface area contributed by atoms with Crippen molar-refractivity contribution in [1.82, 2.24) is 15.0 Å². The third kappa shape index (κ3) is 2.64. The number of rotatable bonds is 2. The molecule has 0 unspecified atom stereocenters. The number of nitrogens with zero attached hydrogens (tertiary/aromatic N) is 3. The summed E-state index contributed by atoms with van der Waals surface area (Å²) in [7, 11) is 0. The lowest BCUT2D eigenvalue weighted by Gasteiger charge is -2.23. The van der Waals surface area contributed by atoms with Crippen molar-refractivity contribution in [2.45, 2.75) is 25.5 Å². The molecule has 2 atom stereocenters. The van der Waals surface area contributed by atoms with Gasteiger partial charge in [-0.05, 0) is 24.1 Å². The van der Waals surface area contributed by atoms with Crippen molar-refractivity contribution in [3.05, 3.63) is 47.4 Å². The maximum Gasteiger partial charge on any atom is 0.295 e. The Kier molecular flexibility index (Phi) is 3.42. The Hall–Kier alpha value is -2.28. The molecule has 0 radical (unpaired) electrons. The normalized spacial score (nSPS) is 21.8. The number of hydrogen-bond donors (Lipinski definition) is 1. The van der Waals surface area contributed by atoms with Gasteiger partial charge in [-0.2, -0.15) is 4.98 Å². The van der Waals surface area contributed by atoms with Crippen molar-refractivity contribution in [3.63, 3.8) is 0 Å². The average Bonchev–Trinajstić information content (AvgIpc) is 3.04. The van der Waals surface area contributed by atoms with Gasteiger partial charge < -0.3 is 14.5 Å². The van der Waals surface area contributed by atoms with Crippen molar-refractivity contribution in [1.29, 1.82) is 0 Å². The van der Waals surface area contributed by atoms with E-state index in [4.69, 9.17) is 4.52 Å². The van der Waals surface area contributed by atoms with Crippen molar-refractivity contribution in [3.8, 4) is 0 Å². The van der Waals surface area contributed by atoms with Gasteiger partial charge in [-0.3, -0.25) is 4.79 Å². The number of carbonyl (C=O) groups excluding carboxylic acids is 1. The first-order valence-electron chi connectivity index (χ1n) is 6.59. The smallest absolute Gasteiger partial charge is 0.295 e. The summed E-state index contributed by atoms with van der Waals surface area (Å²) in [4.78, 5) is 17.8. The van der Waals surface area contributed by atoms with Gasteiger partial charge in [0.15, 0.2) is 0 Å². The molecule has 3 rings (SSSR count). The molecule has 2 aromatic rings. The van der Waals surface area contributed by atoms with Gasteiger partial charge in [0, 0.05) is 13.5 Å². The molecule has 1 aliphatic rings. The van der Waals surface area contributed by atoms with Crippen LogP contribution in [0, 0.1) is 12.7 Å². The molecule has 7 heteroatoms. The fourth-order valence-electron chi connectivity index (χ4n) is 2.58. The van der Waals surface area contributed by atoms with Crippen molar-refractivity contribution in [2.24, 2.45) is 0 Å². The fourth-order valence-corrected chi connectivity index (χ4v) is 2.58. The first-order chi connectivity index (χ1) is 10.0. The minimum atomic E-state index is -0.657. The Morgan fingerprint density at radius 3 is 3.00 bits per heavy atom. The number of β-amino-alcohol motifs (C(OH)–C–C–N with tert-alkyl or cyclic N) is 1. The van der Waals surface area contributed by atoms with Crippen LogP contribution in [0.4, 0.5) is 4.39 Å². The molecule has 1 aliphatic heterocycles. The van der Waals surface area contributed by atoms with Crippen LogP contribution in [-0.2, 0) is 0 Å². The summed E-state index contributed by atoms with van der Waals surface area (Å²) in [6, 6.07) is 5.61. The summed E-state index contributed by atoms with van der Waals surface area (Å²) < 4.78 is 18.2. The highest BCUT2D eigenvalue weighted by Gasteiger charge is 2.37. The SMILES string of the molecule is Cc1nc(C(=O)N2C[C@H](O)C[C@@H]2c2cccc(F)c2)no1. The second-order valence-electron chi connectivity index (χ2n) is 5.05. The van der Waals surface area contributed by atoms with E-state index in [9.17, 15) is 14.3 Å². The molecule has 1 N–H and O–H groups in total. The van der Waals surface area contributed by atoms with Gasteiger partial charge in [0.05, 0.1) is 12.1 Å². The van der Waals surface area contributed by atoms with Crippen LogP contribution in [-0.4, -0.2) is 38.7 Å². The predicted molar refractivity (Wildman–Crippen MR) is 69.8 cm³/mol. The fraction of sp³-hybridized carbons (Fsp3) is 0.357. The van der Waals surface area contributed by atoms with Gasteiger partial charge >= 0.3 is 0 Å². The van der Waals surface area contributed by atoms with Crippen LogP contribution < -0.4 is 0 Å². The summed E-state index contributed by atoms with van der Waals surface area (Å²) in [6.07, 6.45) is -0.304. The maximum absolute atomic E-state index is 13.4. The Morgan fingerprint density at radius 1 is 1.52 bits per heavy atom. The zero-order valence-electron chi connectivity index (χ0n) is 11.4. The molecule has 110 valence electrons. The van der Waals surface area contributed by atoms with Gasteiger partial charge in [-0.15, -0.1) is 0 Å². The van der Waals surface area contributed by atoms with Gasteiger partial charge in [0.2, 0.25) is 5.89 Å². The Labute approximate surface area is 120 Å². The average molecular weight is 291 g/mol. The van der Waals surface area contributed by atoms with Crippen LogP contribution >= 0.6 is 0 Å². The number of aliphatic hydroxyl groups is 1. The quantitative estimate of drug-likeness (QED) is 0.906.